The lowest BCUT2D eigenvalue weighted by molar-refractivity contribution is -0.116. The molecular formula is C19H18N2O4S. The molecule has 2 N–H and O–H groups in total. The third-order valence-electron chi connectivity index (χ3n) is 4.22. The number of hydrogen-bond donors (Lipinski definition) is 2. The molecule has 0 aliphatic heterocycles. The Balaban J connectivity index is 2.21. The van der Waals surface area contributed by atoms with Crippen molar-refractivity contribution in [3.63, 3.8) is 0 Å². The van der Waals surface area contributed by atoms with Crippen LogP contribution in [0.1, 0.15) is 22.8 Å². The van der Waals surface area contributed by atoms with Gasteiger partial charge in [0.25, 0.3) is 11.5 Å². The molecule has 7 heteroatoms. The van der Waals surface area contributed by atoms with Crippen molar-refractivity contribution in [2.75, 3.05) is 6.54 Å². The summed E-state index contributed by atoms with van der Waals surface area (Å²) in [4.78, 5) is 37.0. The lowest BCUT2D eigenvalue weighted by Crippen LogP contribution is -2.34. The lowest BCUT2D eigenvalue weighted by Gasteiger charge is -2.13. The first kappa shape index (κ1) is 17.9. The van der Waals surface area contributed by atoms with Crippen LogP contribution in [0, 0.1) is 6.92 Å². The van der Waals surface area contributed by atoms with E-state index in [9.17, 15) is 19.5 Å². The van der Waals surface area contributed by atoms with Crippen LogP contribution in [-0.4, -0.2) is 27.9 Å². The van der Waals surface area contributed by atoms with Crippen LogP contribution in [0.3, 0.4) is 0 Å². The number of nitrogens with zero attached hydrogens (tertiary/aromatic N) is 1. The lowest BCUT2D eigenvalue weighted by atomic mass is 10.0. The molecule has 0 aliphatic rings. The fourth-order valence-electron chi connectivity index (χ4n) is 2.84. The highest BCUT2D eigenvalue weighted by atomic mass is 32.1. The highest BCUT2D eigenvalue weighted by Crippen LogP contribution is 2.34. The summed E-state index contributed by atoms with van der Waals surface area (Å²) in [5, 5.41) is 15.4. The number of aromatic nitrogens is 1. The summed E-state index contributed by atoms with van der Waals surface area (Å²) in [5.74, 6) is -1.39. The van der Waals surface area contributed by atoms with Gasteiger partial charge in [-0.05, 0) is 48.6 Å². The Bertz CT molecular complexity index is 1090. The van der Waals surface area contributed by atoms with Gasteiger partial charge in [0.1, 0.15) is 17.1 Å². The maximum Gasteiger partial charge on any atom is 0.267 e. The molecule has 0 bridgehead atoms. The van der Waals surface area contributed by atoms with E-state index in [1.54, 1.807) is 30.5 Å². The number of pyridine rings is 1. The predicted octanol–water partition coefficient (Wildman–Crippen LogP) is 2.60. The summed E-state index contributed by atoms with van der Waals surface area (Å²) in [6, 6.07) is 7.41. The summed E-state index contributed by atoms with van der Waals surface area (Å²) in [7, 11) is 1.54. The van der Waals surface area contributed by atoms with E-state index in [0.717, 1.165) is 16.0 Å². The Kier molecular flexibility index (Phi) is 4.65. The van der Waals surface area contributed by atoms with E-state index >= 15 is 0 Å². The zero-order valence-electron chi connectivity index (χ0n) is 14.6. The van der Waals surface area contributed by atoms with Crippen molar-refractivity contribution in [3.8, 4) is 16.2 Å². The van der Waals surface area contributed by atoms with E-state index in [-0.39, 0.29) is 23.6 Å². The second-order valence-electron chi connectivity index (χ2n) is 6.14. The van der Waals surface area contributed by atoms with Crippen LogP contribution in [0.4, 0.5) is 0 Å². The summed E-state index contributed by atoms with van der Waals surface area (Å²) in [6.45, 7) is 3.12. The number of nitrogens with one attached hydrogen (secondary N) is 1. The summed E-state index contributed by atoms with van der Waals surface area (Å²) >= 11 is 1.58. The zero-order valence-corrected chi connectivity index (χ0v) is 15.4. The SMILES string of the molecule is CC(=O)CNC(=O)c1c(O)c2cc(-c3sccc3C)ccc2n(C)c1=O. The number of carbonyl (C=O) groups is 2. The zero-order chi connectivity index (χ0) is 19.0. The number of hydrogen-bond acceptors (Lipinski definition) is 5. The summed E-state index contributed by atoms with van der Waals surface area (Å²) < 4.78 is 1.32. The number of thiophene rings is 1. The van der Waals surface area contributed by atoms with Crippen molar-refractivity contribution in [2.24, 2.45) is 7.05 Å². The normalized spacial score (nSPS) is 10.9. The minimum atomic E-state index is -0.766. The molecule has 0 spiro atoms. The van der Waals surface area contributed by atoms with Gasteiger partial charge in [0.2, 0.25) is 0 Å². The number of aryl methyl sites for hydroxylation is 2. The molecule has 0 saturated carbocycles. The van der Waals surface area contributed by atoms with Gasteiger partial charge < -0.3 is 15.0 Å². The van der Waals surface area contributed by atoms with Gasteiger partial charge in [-0.15, -0.1) is 11.3 Å². The first-order chi connectivity index (χ1) is 12.3. The van der Waals surface area contributed by atoms with Crippen LogP contribution in [0.15, 0.2) is 34.4 Å². The van der Waals surface area contributed by atoms with E-state index in [0.29, 0.717) is 10.9 Å². The molecule has 2 heterocycles. The Morgan fingerprint density at radius 2 is 2.00 bits per heavy atom. The van der Waals surface area contributed by atoms with Gasteiger partial charge in [0, 0.05) is 17.3 Å². The molecule has 0 atom stereocenters. The van der Waals surface area contributed by atoms with Gasteiger partial charge in [0.15, 0.2) is 0 Å². The van der Waals surface area contributed by atoms with Crippen LogP contribution in [0.5, 0.6) is 5.75 Å². The number of benzene rings is 1. The Labute approximate surface area is 153 Å². The minimum Gasteiger partial charge on any atom is -0.506 e. The first-order valence-electron chi connectivity index (χ1n) is 7.99. The van der Waals surface area contributed by atoms with Gasteiger partial charge in [-0.2, -0.15) is 0 Å². The van der Waals surface area contributed by atoms with E-state index in [1.165, 1.54) is 11.5 Å². The molecule has 0 radical (unpaired) electrons. The van der Waals surface area contributed by atoms with Crippen molar-refractivity contribution in [2.45, 2.75) is 13.8 Å². The van der Waals surface area contributed by atoms with Crippen molar-refractivity contribution in [1.82, 2.24) is 9.88 Å². The monoisotopic (exact) mass is 370 g/mol. The average molecular weight is 370 g/mol. The van der Waals surface area contributed by atoms with Crippen LogP contribution in [0.25, 0.3) is 21.3 Å². The number of amides is 1. The van der Waals surface area contributed by atoms with E-state index < -0.39 is 11.5 Å². The van der Waals surface area contributed by atoms with Crippen molar-refractivity contribution in [3.05, 3.63) is 51.1 Å². The summed E-state index contributed by atoms with van der Waals surface area (Å²) in [5.41, 5.74) is 1.55. The molecule has 0 aliphatic carbocycles. The van der Waals surface area contributed by atoms with Gasteiger partial charge in [-0.3, -0.25) is 14.4 Å². The van der Waals surface area contributed by atoms with Crippen molar-refractivity contribution in [1.29, 1.82) is 0 Å². The Morgan fingerprint density at radius 1 is 1.27 bits per heavy atom. The van der Waals surface area contributed by atoms with Crippen LogP contribution < -0.4 is 10.9 Å². The largest absolute Gasteiger partial charge is 0.506 e. The summed E-state index contributed by atoms with van der Waals surface area (Å²) in [6.07, 6.45) is 0. The maximum atomic E-state index is 12.5. The van der Waals surface area contributed by atoms with Gasteiger partial charge in [-0.25, -0.2) is 0 Å². The molecular weight excluding hydrogens is 352 g/mol. The number of carbonyl (C=O) groups excluding carboxylic acids is 2. The molecule has 26 heavy (non-hydrogen) atoms. The average Bonchev–Trinajstić information content (AvgIpc) is 3.03. The van der Waals surface area contributed by atoms with Crippen LogP contribution in [-0.2, 0) is 11.8 Å². The Morgan fingerprint density at radius 3 is 2.62 bits per heavy atom. The topological polar surface area (TPSA) is 88.4 Å². The second kappa shape index (κ2) is 6.76. The molecule has 2 aromatic heterocycles. The van der Waals surface area contributed by atoms with Gasteiger partial charge in [-0.1, -0.05) is 6.07 Å². The quantitative estimate of drug-likeness (QED) is 0.739. The minimum absolute atomic E-state index is 0.201. The van der Waals surface area contributed by atoms with Crippen molar-refractivity contribution >= 4 is 33.9 Å². The molecule has 134 valence electrons. The van der Waals surface area contributed by atoms with E-state index in [2.05, 4.69) is 5.32 Å². The number of ketones is 1. The predicted molar refractivity (Wildman–Crippen MR) is 102 cm³/mol. The third-order valence-corrected chi connectivity index (χ3v) is 5.28. The van der Waals surface area contributed by atoms with Crippen LogP contribution >= 0.6 is 11.3 Å². The highest BCUT2D eigenvalue weighted by molar-refractivity contribution is 7.13. The fourth-order valence-corrected chi connectivity index (χ4v) is 3.76. The number of rotatable bonds is 4. The standard InChI is InChI=1S/C19H18N2O4S/c1-10-6-7-26-17(10)12-4-5-14-13(8-12)16(23)15(19(25)21(14)3)18(24)20-9-11(2)22/h4-8,23H,9H2,1-3H3,(H,20,24). The Hall–Kier alpha value is -2.93. The van der Waals surface area contributed by atoms with Gasteiger partial charge >= 0.3 is 0 Å². The van der Waals surface area contributed by atoms with E-state index in [1.807, 2.05) is 24.4 Å². The molecule has 6 nitrogen and oxygen atoms in total. The molecule has 0 saturated heterocycles. The number of aromatic hydroxyl groups is 1. The number of fused-ring (bicyclic) bond motifs is 1. The third kappa shape index (κ3) is 3.01. The molecule has 1 amide bonds. The molecule has 1 aromatic carbocycles. The fraction of sp³-hybridized carbons (Fsp3) is 0.211. The highest BCUT2D eigenvalue weighted by Gasteiger charge is 2.21. The number of Topliss-reactive ketones (excluding diaryl/α,β-unsaturated/α-hetero) is 1. The molecule has 3 rings (SSSR count). The molecule has 0 fully saturated rings. The smallest absolute Gasteiger partial charge is 0.267 e. The maximum absolute atomic E-state index is 12.5. The molecule has 0 unspecified atom stereocenters. The first-order valence-corrected chi connectivity index (χ1v) is 8.87. The molecule has 3 aromatic rings. The second-order valence-corrected chi connectivity index (χ2v) is 7.05. The van der Waals surface area contributed by atoms with E-state index in [4.69, 9.17) is 0 Å². The van der Waals surface area contributed by atoms with Crippen LogP contribution in [0.2, 0.25) is 0 Å². The van der Waals surface area contributed by atoms with Gasteiger partial charge in [0.05, 0.1) is 12.1 Å². The van der Waals surface area contributed by atoms with Crippen molar-refractivity contribution < 1.29 is 14.7 Å².